The molecule has 0 spiro atoms. The van der Waals surface area contributed by atoms with Crippen molar-refractivity contribution < 1.29 is 13.9 Å². The van der Waals surface area contributed by atoms with E-state index in [1.807, 2.05) is 0 Å². The maximum Gasteiger partial charge on any atom is 0.225 e. The predicted molar refractivity (Wildman–Crippen MR) is 94.8 cm³/mol. The molecule has 10 heteroatoms. The third-order valence-corrected chi connectivity index (χ3v) is 4.47. The Hall–Kier alpha value is -2.62. The third kappa shape index (κ3) is 3.90. The molecule has 2 atom stereocenters. The van der Waals surface area contributed by atoms with Crippen LogP contribution < -0.4 is 10.1 Å². The van der Waals surface area contributed by atoms with Gasteiger partial charge in [0.15, 0.2) is 5.82 Å². The molecule has 1 saturated heterocycles. The van der Waals surface area contributed by atoms with Crippen LogP contribution in [0, 0.1) is 5.82 Å². The Morgan fingerprint density at radius 1 is 1.30 bits per heavy atom. The fourth-order valence-electron chi connectivity index (χ4n) is 2.90. The van der Waals surface area contributed by atoms with Crippen LogP contribution >= 0.6 is 11.6 Å². The topological polar surface area (TPSA) is 97.8 Å². The van der Waals surface area contributed by atoms with Crippen molar-refractivity contribution in [3.63, 3.8) is 0 Å². The standard InChI is InChI=1S/C17H16ClFN6O2/c18-12-4-3-10(8-13(12)19)15-14(9-20-6-7-26-15)27-17-11(2-1-5-21-17)16-22-24-25-23-16/h1-5,8,14-15,20H,6-7,9H2,(H,22,23,24,25). The number of hydrogen-bond donors (Lipinski definition) is 2. The van der Waals surface area contributed by atoms with Crippen molar-refractivity contribution in [3.8, 4) is 17.3 Å². The van der Waals surface area contributed by atoms with Crippen molar-refractivity contribution in [2.24, 2.45) is 0 Å². The minimum absolute atomic E-state index is 0.0628. The summed E-state index contributed by atoms with van der Waals surface area (Å²) in [6, 6.07) is 8.17. The minimum atomic E-state index is -0.500. The molecule has 1 aromatic carbocycles. The molecule has 2 aromatic heterocycles. The van der Waals surface area contributed by atoms with Gasteiger partial charge in [-0.25, -0.2) is 14.5 Å². The lowest BCUT2D eigenvalue weighted by Crippen LogP contribution is -2.34. The Morgan fingerprint density at radius 2 is 2.22 bits per heavy atom. The number of benzene rings is 1. The van der Waals surface area contributed by atoms with E-state index in [2.05, 4.69) is 30.9 Å². The van der Waals surface area contributed by atoms with E-state index >= 15 is 0 Å². The molecule has 140 valence electrons. The normalized spacial score (nSPS) is 20.2. The minimum Gasteiger partial charge on any atom is -0.469 e. The highest BCUT2D eigenvalue weighted by Crippen LogP contribution is 2.31. The molecule has 1 fully saturated rings. The number of ether oxygens (including phenoxy) is 2. The van der Waals surface area contributed by atoms with E-state index in [-0.39, 0.29) is 5.02 Å². The summed E-state index contributed by atoms with van der Waals surface area (Å²) in [4.78, 5) is 4.30. The van der Waals surface area contributed by atoms with Crippen LogP contribution in [0.5, 0.6) is 5.88 Å². The van der Waals surface area contributed by atoms with E-state index in [0.29, 0.717) is 42.5 Å². The molecule has 0 radical (unpaired) electrons. The van der Waals surface area contributed by atoms with Gasteiger partial charge in [-0.05, 0) is 40.3 Å². The molecule has 0 amide bonds. The molecule has 0 aliphatic carbocycles. The number of halogens is 2. The maximum atomic E-state index is 14.0. The molecule has 27 heavy (non-hydrogen) atoms. The summed E-state index contributed by atoms with van der Waals surface area (Å²) in [6.45, 7) is 1.63. The van der Waals surface area contributed by atoms with Gasteiger partial charge < -0.3 is 14.8 Å². The van der Waals surface area contributed by atoms with Gasteiger partial charge in [0.05, 0.1) is 17.2 Å². The van der Waals surface area contributed by atoms with Crippen molar-refractivity contribution in [2.45, 2.75) is 12.2 Å². The lowest BCUT2D eigenvalue weighted by molar-refractivity contribution is -0.00996. The number of nitrogens with one attached hydrogen (secondary N) is 2. The molecule has 2 N–H and O–H groups in total. The van der Waals surface area contributed by atoms with Crippen LogP contribution in [0.2, 0.25) is 5.02 Å². The second-order valence-electron chi connectivity index (χ2n) is 5.93. The summed E-state index contributed by atoms with van der Waals surface area (Å²) in [7, 11) is 0. The van der Waals surface area contributed by atoms with Gasteiger partial charge in [-0.2, -0.15) is 0 Å². The Morgan fingerprint density at radius 3 is 3.04 bits per heavy atom. The van der Waals surface area contributed by atoms with E-state index in [0.717, 1.165) is 0 Å². The lowest BCUT2D eigenvalue weighted by atomic mass is 10.0. The fraction of sp³-hybridized carbons (Fsp3) is 0.294. The number of aromatic nitrogens is 5. The number of rotatable bonds is 4. The smallest absolute Gasteiger partial charge is 0.225 e. The molecule has 0 saturated carbocycles. The van der Waals surface area contributed by atoms with Gasteiger partial charge in [-0.3, -0.25) is 0 Å². The fourth-order valence-corrected chi connectivity index (χ4v) is 3.02. The molecule has 2 unspecified atom stereocenters. The Labute approximate surface area is 159 Å². The van der Waals surface area contributed by atoms with Gasteiger partial charge in [-0.15, -0.1) is 5.10 Å². The predicted octanol–water partition coefficient (Wildman–Crippen LogP) is 2.16. The molecule has 4 rings (SSSR count). The first-order valence-corrected chi connectivity index (χ1v) is 8.73. The van der Waals surface area contributed by atoms with Crippen molar-refractivity contribution in [3.05, 3.63) is 52.9 Å². The van der Waals surface area contributed by atoms with Crippen LogP contribution in [0.25, 0.3) is 11.4 Å². The summed E-state index contributed by atoms with van der Waals surface area (Å²) in [5, 5.41) is 17.1. The largest absolute Gasteiger partial charge is 0.469 e. The van der Waals surface area contributed by atoms with Gasteiger partial charge in [0, 0.05) is 19.3 Å². The van der Waals surface area contributed by atoms with Crippen molar-refractivity contribution in [2.75, 3.05) is 19.7 Å². The highest BCUT2D eigenvalue weighted by atomic mass is 35.5. The molecule has 1 aliphatic rings. The Bertz CT molecular complexity index is 910. The molecule has 1 aliphatic heterocycles. The number of nitrogens with zero attached hydrogens (tertiary/aromatic N) is 4. The van der Waals surface area contributed by atoms with Crippen molar-refractivity contribution >= 4 is 11.6 Å². The Kier molecular flexibility index (Phi) is 5.23. The molecule has 3 aromatic rings. The van der Waals surface area contributed by atoms with Crippen LogP contribution in [0.3, 0.4) is 0 Å². The van der Waals surface area contributed by atoms with E-state index in [1.54, 1.807) is 24.4 Å². The number of H-pyrrole nitrogens is 1. The van der Waals surface area contributed by atoms with Crippen LogP contribution in [-0.2, 0) is 4.74 Å². The number of aromatic amines is 1. The zero-order valence-electron chi connectivity index (χ0n) is 14.1. The second kappa shape index (κ2) is 7.95. The maximum absolute atomic E-state index is 14.0. The highest BCUT2D eigenvalue weighted by Gasteiger charge is 2.30. The molecular weight excluding hydrogens is 375 g/mol. The first kappa shape index (κ1) is 17.8. The van der Waals surface area contributed by atoms with Crippen molar-refractivity contribution in [1.29, 1.82) is 0 Å². The van der Waals surface area contributed by atoms with Gasteiger partial charge in [-0.1, -0.05) is 17.7 Å². The Balaban J connectivity index is 1.65. The molecule has 3 heterocycles. The zero-order chi connectivity index (χ0) is 18.6. The van der Waals surface area contributed by atoms with Gasteiger partial charge >= 0.3 is 0 Å². The summed E-state index contributed by atoms with van der Waals surface area (Å²) in [5.74, 6) is 0.294. The second-order valence-corrected chi connectivity index (χ2v) is 6.34. The van der Waals surface area contributed by atoms with E-state index in [9.17, 15) is 4.39 Å². The van der Waals surface area contributed by atoms with Gasteiger partial charge in [0.1, 0.15) is 18.0 Å². The molecule has 8 nitrogen and oxygen atoms in total. The third-order valence-electron chi connectivity index (χ3n) is 4.17. The molecule has 0 bridgehead atoms. The van der Waals surface area contributed by atoms with E-state index in [1.165, 1.54) is 12.1 Å². The van der Waals surface area contributed by atoms with Gasteiger partial charge in [0.2, 0.25) is 5.88 Å². The molecular formula is C17H16ClFN6O2. The quantitative estimate of drug-likeness (QED) is 0.704. The number of pyridine rings is 1. The summed E-state index contributed by atoms with van der Waals surface area (Å²) >= 11 is 5.80. The van der Waals surface area contributed by atoms with Crippen molar-refractivity contribution in [1.82, 2.24) is 30.9 Å². The SMILES string of the molecule is Fc1cc(C2OCCNCC2Oc2ncccc2-c2nnn[nH]2)ccc1Cl. The summed E-state index contributed by atoms with van der Waals surface area (Å²) in [5.41, 5.74) is 1.26. The summed E-state index contributed by atoms with van der Waals surface area (Å²) in [6.07, 6.45) is 0.678. The monoisotopic (exact) mass is 390 g/mol. The highest BCUT2D eigenvalue weighted by molar-refractivity contribution is 6.30. The van der Waals surface area contributed by atoms with Crippen LogP contribution in [0.4, 0.5) is 4.39 Å². The lowest BCUT2D eigenvalue weighted by Gasteiger charge is -2.26. The average molecular weight is 391 g/mol. The van der Waals surface area contributed by atoms with E-state index in [4.69, 9.17) is 21.1 Å². The zero-order valence-corrected chi connectivity index (χ0v) is 14.9. The van der Waals surface area contributed by atoms with Gasteiger partial charge in [0.25, 0.3) is 0 Å². The average Bonchev–Trinajstić information content (AvgIpc) is 3.12. The number of tetrazole rings is 1. The van der Waals surface area contributed by atoms with Crippen LogP contribution in [-0.4, -0.2) is 51.4 Å². The first-order chi connectivity index (χ1) is 13.2. The van der Waals surface area contributed by atoms with Crippen LogP contribution in [0.15, 0.2) is 36.5 Å². The first-order valence-electron chi connectivity index (χ1n) is 8.35. The number of hydrogen-bond acceptors (Lipinski definition) is 7. The summed E-state index contributed by atoms with van der Waals surface area (Å²) < 4.78 is 26.0. The van der Waals surface area contributed by atoms with Crippen LogP contribution in [0.1, 0.15) is 11.7 Å². The van der Waals surface area contributed by atoms with E-state index < -0.39 is 18.0 Å².